The molecule has 0 spiro atoms. The Balaban J connectivity index is 3.06. The molecule has 0 heterocycles. The summed E-state index contributed by atoms with van der Waals surface area (Å²) in [5.41, 5.74) is 6.65. The number of isothiocyanates is 1. The molecule has 0 radical (unpaired) electrons. The highest BCUT2D eigenvalue weighted by Gasteiger charge is 1.97. The number of halogens is 1. The van der Waals surface area contributed by atoms with Gasteiger partial charge in [-0.2, -0.15) is 4.99 Å². The molecule has 0 bridgehead atoms. The van der Waals surface area contributed by atoms with Crippen molar-refractivity contribution in [3.63, 3.8) is 0 Å². The van der Waals surface area contributed by atoms with Crippen molar-refractivity contribution in [2.45, 2.75) is 0 Å². The molecule has 70 valence electrons. The predicted octanol–water partition coefficient (Wildman–Crippen LogP) is 2.38. The Hall–Kier alpha value is -1.17. The fourth-order valence-corrected chi connectivity index (χ4v) is 1.20. The third-order valence-corrected chi connectivity index (χ3v) is 1.84. The van der Waals surface area contributed by atoms with Crippen LogP contribution in [0.4, 0.5) is 5.69 Å². The van der Waals surface area contributed by atoms with Crippen LogP contribution in [0.25, 0.3) is 0 Å². The van der Waals surface area contributed by atoms with Crippen LogP contribution in [0.5, 0.6) is 0 Å². The van der Waals surface area contributed by atoms with E-state index < -0.39 is 0 Å². The summed E-state index contributed by atoms with van der Waals surface area (Å²) in [5.74, 6) is 5.60. The van der Waals surface area contributed by atoms with Gasteiger partial charge in [0, 0.05) is 5.56 Å². The van der Waals surface area contributed by atoms with Crippen LogP contribution in [0.2, 0.25) is 5.02 Å². The van der Waals surface area contributed by atoms with Gasteiger partial charge in [-0.05, 0) is 30.4 Å². The van der Waals surface area contributed by atoms with Crippen molar-refractivity contribution in [3.8, 4) is 11.8 Å². The first-order chi connectivity index (χ1) is 6.77. The first-order valence-corrected chi connectivity index (χ1v) is 4.63. The molecule has 2 N–H and O–H groups in total. The maximum absolute atomic E-state index is 5.91. The summed E-state index contributed by atoms with van der Waals surface area (Å²) in [4.78, 5) is 3.79. The van der Waals surface area contributed by atoms with E-state index in [0.717, 1.165) is 5.56 Å². The van der Waals surface area contributed by atoms with Gasteiger partial charge < -0.3 is 5.73 Å². The first-order valence-electron chi connectivity index (χ1n) is 3.84. The fraction of sp³-hybridized carbons (Fsp3) is 0.100. The van der Waals surface area contributed by atoms with Crippen LogP contribution in [0.15, 0.2) is 23.2 Å². The van der Waals surface area contributed by atoms with Crippen molar-refractivity contribution >= 4 is 34.7 Å². The molecular formula is C10H7ClN2S. The molecule has 14 heavy (non-hydrogen) atoms. The summed E-state index contributed by atoms with van der Waals surface area (Å²) in [6.07, 6.45) is 0. The molecule has 1 rings (SSSR count). The van der Waals surface area contributed by atoms with E-state index in [4.69, 9.17) is 17.3 Å². The molecule has 1 aromatic rings. The van der Waals surface area contributed by atoms with Crippen molar-refractivity contribution in [1.29, 1.82) is 0 Å². The van der Waals surface area contributed by atoms with Crippen LogP contribution in [-0.4, -0.2) is 11.7 Å². The van der Waals surface area contributed by atoms with E-state index in [1.807, 2.05) is 0 Å². The lowest BCUT2D eigenvalue weighted by Gasteiger charge is -1.96. The Labute approximate surface area is 92.8 Å². The number of hydrogen-bond acceptors (Lipinski definition) is 3. The zero-order valence-electron chi connectivity index (χ0n) is 7.25. The lowest BCUT2D eigenvalue weighted by Crippen LogP contribution is -1.92. The van der Waals surface area contributed by atoms with Gasteiger partial charge >= 0.3 is 0 Å². The fourth-order valence-electron chi connectivity index (χ4n) is 0.878. The number of nitrogens with two attached hydrogens (primary N) is 1. The molecular weight excluding hydrogens is 216 g/mol. The minimum atomic E-state index is 0.331. The van der Waals surface area contributed by atoms with Crippen LogP contribution in [0.3, 0.4) is 0 Å². The molecule has 1 aromatic carbocycles. The van der Waals surface area contributed by atoms with E-state index in [1.165, 1.54) is 0 Å². The average Bonchev–Trinajstić information content (AvgIpc) is 2.19. The van der Waals surface area contributed by atoms with Crippen LogP contribution >= 0.6 is 23.8 Å². The summed E-state index contributed by atoms with van der Waals surface area (Å²) < 4.78 is 0. The lowest BCUT2D eigenvalue weighted by molar-refractivity contribution is 1.30. The van der Waals surface area contributed by atoms with Gasteiger partial charge in [-0.25, -0.2) is 0 Å². The molecule has 0 saturated heterocycles. The zero-order valence-corrected chi connectivity index (χ0v) is 8.82. The average molecular weight is 223 g/mol. The van der Waals surface area contributed by atoms with E-state index in [2.05, 4.69) is 34.2 Å². The maximum Gasteiger partial charge on any atom is 0.0926 e. The van der Waals surface area contributed by atoms with Crippen LogP contribution in [0.1, 0.15) is 5.56 Å². The van der Waals surface area contributed by atoms with Crippen molar-refractivity contribution in [2.75, 3.05) is 6.54 Å². The number of hydrogen-bond donors (Lipinski definition) is 1. The van der Waals surface area contributed by atoms with Crippen molar-refractivity contribution in [1.82, 2.24) is 0 Å². The van der Waals surface area contributed by atoms with Gasteiger partial charge in [0.05, 0.1) is 22.4 Å². The lowest BCUT2D eigenvalue weighted by atomic mass is 10.2. The topological polar surface area (TPSA) is 38.4 Å². The minimum Gasteiger partial charge on any atom is -0.320 e. The molecule has 2 nitrogen and oxygen atoms in total. The number of thiocarbonyl (C=S) groups is 1. The highest BCUT2D eigenvalue weighted by atomic mass is 35.5. The van der Waals surface area contributed by atoms with E-state index in [9.17, 15) is 0 Å². The SMILES string of the molecule is NCC#Cc1ccc(N=C=S)c(Cl)c1. The standard InChI is InChI=1S/C10H7ClN2S/c11-9-6-8(2-1-5-12)3-4-10(9)13-7-14/h3-4,6H,5,12H2. The van der Waals surface area contributed by atoms with Gasteiger partial charge in [-0.3, -0.25) is 0 Å². The smallest absolute Gasteiger partial charge is 0.0926 e. The number of benzene rings is 1. The van der Waals surface area contributed by atoms with E-state index >= 15 is 0 Å². The third-order valence-electron chi connectivity index (χ3n) is 1.45. The van der Waals surface area contributed by atoms with E-state index in [1.54, 1.807) is 18.2 Å². The van der Waals surface area contributed by atoms with E-state index in [0.29, 0.717) is 17.3 Å². The molecule has 4 heteroatoms. The molecule has 0 aliphatic heterocycles. The molecule has 0 atom stereocenters. The Bertz CT molecular complexity index is 439. The van der Waals surface area contributed by atoms with Crippen LogP contribution in [-0.2, 0) is 0 Å². The predicted molar refractivity (Wildman–Crippen MR) is 62.1 cm³/mol. The van der Waals surface area contributed by atoms with Crippen LogP contribution in [0, 0.1) is 11.8 Å². The summed E-state index contributed by atoms with van der Waals surface area (Å²) >= 11 is 10.4. The number of rotatable bonds is 1. The summed E-state index contributed by atoms with van der Waals surface area (Å²) in [7, 11) is 0. The monoisotopic (exact) mass is 222 g/mol. The summed E-state index contributed by atoms with van der Waals surface area (Å²) in [6, 6.07) is 5.26. The molecule has 0 aliphatic rings. The van der Waals surface area contributed by atoms with E-state index in [-0.39, 0.29) is 0 Å². The molecule has 0 saturated carbocycles. The number of nitrogens with zero attached hydrogens (tertiary/aromatic N) is 1. The Morgan fingerprint density at radius 1 is 1.50 bits per heavy atom. The zero-order chi connectivity index (χ0) is 10.4. The van der Waals surface area contributed by atoms with Gasteiger partial charge in [-0.1, -0.05) is 23.4 Å². The molecule has 0 amide bonds. The highest BCUT2D eigenvalue weighted by molar-refractivity contribution is 7.78. The van der Waals surface area contributed by atoms with Gasteiger partial charge in [0.2, 0.25) is 0 Å². The minimum absolute atomic E-state index is 0.331. The normalized spacial score (nSPS) is 8.43. The van der Waals surface area contributed by atoms with Crippen molar-refractivity contribution in [2.24, 2.45) is 10.7 Å². The van der Waals surface area contributed by atoms with Crippen LogP contribution < -0.4 is 5.73 Å². The van der Waals surface area contributed by atoms with Gasteiger partial charge in [-0.15, -0.1) is 0 Å². The molecule has 0 aliphatic carbocycles. The Morgan fingerprint density at radius 3 is 2.86 bits per heavy atom. The quantitative estimate of drug-likeness (QED) is 0.450. The molecule has 0 unspecified atom stereocenters. The Kier molecular flexibility index (Phi) is 4.31. The van der Waals surface area contributed by atoms with Crippen molar-refractivity contribution in [3.05, 3.63) is 28.8 Å². The summed E-state index contributed by atoms with van der Waals surface area (Å²) in [6.45, 7) is 0.331. The first kappa shape index (κ1) is 10.9. The largest absolute Gasteiger partial charge is 0.320 e. The second-order valence-corrected chi connectivity index (χ2v) is 2.96. The Morgan fingerprint density at radius 2 is 2.29 bits per heavy atom. The number of aliphatic imine (C=N–C) groups is 1. The molecule has 0 fully saturated rings. The van der Waals surface area contributed by atoms with Gasteiger partial charge in [0.25, 0.3) is 0 Å². The third kappa shape index (κ3) is 2.95. The maximum atomic E-state index is 5.91. The van der Waals surface area contributed by atoms with Crippen molar-refractivity contribution < 1.29 is 0 Å². The summed E-state index contributed by atoms with van der Waals surface area (Å²) in [5, 5.41) is 2.76. The van der Waals surface area contributed by atoms with Gasteiger partial charge in [0.1, 0.15) is 0 Å². The highest BCUT2D eigenvalue weighted by Crippen LogP contribution is 2.24. The molecule has 0 aromatic heterocycles. The second kappa shape index (κ2) is 5.54. The van der Waals surface area contributed by atoms with Gasteiger partial charge in [0.15, 0.2) is 0 Å². The second-order valence-electron chi connectivity index (χ2n) is 2.38.